The third-order valence-corrected chi connectivity index (χ3v) is 4.01. The van der Waals surface area contributed by atoms with Crippen LogP contribution in [-0.4, -0.2) is 12.1 Å². The van der Waals surface area contributed by atoms with Crippen molar-refractivity contribution in [2.24, 2.45) is 5.41 Å². The normalized spacial score (nSPS) is 29.6. The van der Waals surface area contributed by atoms with Crippen molar-refractivity contribution in [3.8, 4) is 5.75 Å². The van der Waals surface area contributed by atoms with Crippen LogP contribution in [-0.2, 0) is 0 Å². The molecule has 3 rings (SSSR count). The highest BCUT2D eigenvalue weighted by atomic mass is 19.1. The van der Waals surface area contributed by atoms with Crippen molar-refractivity contribution in [3.63, 3.8) is 0 Å². The predicted molar refractivity (Wildman–Crippen MR) is 65.9 cm³/mol. The molecule has 17 heavy (non-hydrogen) atoms. The van der Waals surface area contributed by atoms with Crippen LogP contribution in [0.3, 0.4) is 0 Å². The maximum Gasteiger partial charge on any atom is 0.143 e. The molecule has 1 saturated carbocycles. The van der Waals surface area contributed by atoms with Gasteiger partial charge in [-0.3, -0.25) is 0 Å². The Labute approximate surface area is 101 Å². The lowest BCUT2D eigenvalue weighted by Gasteiger charge is -2.47. The van der Waals surface area contributed by atoms with Gasteiger partial charge in [-0.1, -0.05) is 20.3 Å². The first-order valence-electron chi connectivity index (χ1n) is 6.29. The highest BCUT2D eigenvalue weighted by Gasteiger charge is 2.43. The molecule has 0 aromatic heterocycles. The zero-order valence-electron chi connectivity index (χ0n) is 10.3. The fourth-order valence-electron chi connectivity index (χ4n) is 3.06. The van der Waals surface area contributed by atoms with Crippen LogP contribution in [0.4, 0.5) is 10.1 Å². The van der Waals surface area contributed by atoms with Crippen LogP contribution in [0.2, 0.25) is 0 Å². The summed E-state index contributed by atoms with van der Waals surface area (Å²) in [5.41, 5.74) is 0.978. The average molecular weight is 235 g/mol. The van der Waals surface area contributed by atoms with Crippen molar-refractivity contribution >= 4 is 5.69 Å². The van der Waals surface area contributed by atoms with Gasteiger partial charge in [0.05, 0.1) is 11.7 Å². The Morgan fingerprint density at radius 1 is 1.41 bits per heavy atom. The first-order valence-corrected chi connectivity index (χ1v) is 6.29. The van der Waals surface area contributed by atoms with Crippen LogP contribution in [0.25, 0.3) is 0 Å². The molecule has 0 spiro atoms. The van der Waals surface area contributed by atoms with Crippen LogP contribution in [0.1, 0.15) is 33.1 Å². The van der Waals surface area contributed by atoms with Gasteiger partial charge in [0.1, 0.15) is 17.7 Å². The number of hydrogen-bond donors (Lipinski definition) is 1. The second kappa shape index (κ2) is 3.62. The van der Waals surface area contributed by atoms with Gasteiger partial charge in [-0.05, 0) is 25.0 Å². The lowest BCUT2D eigenvalue weighted by molar-refractivity contribution is 0.0175. The van der Waals surface area contributed by atoms with E-state index in [-0.39, 0.29) is 17.3 Å². The Morgan fingerprint density at radius 3 is 3.06 bits per heavy atom. The first kappa shape index (κ1) is 10.9. The predicted octanol–water partition coefficient (Wildman–Crippen LogP) is 3.58. The van der Waals surface area contributed by atoms with Gasteiger partial charge in [0.2, 0.25) is 0 Å². The van der Waals surface area contributed by atoms with Gasteiger partial charge in [0, 0.05) is 11.5 Å². The van der Waals surface area contributed by atoms with Gasteiger partial charge in [0.15, 0.2) is 0 Å². The highest BCUT2D eigenvalue weighted by Crippen LogP contribution is 2.44. The Morgan fingerprint density at radius 2 is 2.24 bits per heavy atom. The van der Waals surface area contributed by atoms with E-state index in [0.29, 0.717) is 6.04 Å². The number of halogens is 1. The molecule has 2 atom stereocenters. The fraction of sp³-hybridized carbons (Fsp3) is 0.571. The molecule has 0 bridgehead atoms. The third kappa shape index (κ3) is 1.78. The van der Waals surface area contributed by atoms with Gasteiger partial charge in [-0.15, -0.1) is 0 Å². The summed E-state index contributed by atoms with van der Waals surface area (Å²) in [5, 5.41) is 3.43. The molecule has 1 aliphatic carbocycles. The first-order chi connectivity index (χ1) is 8.06. The number of anilines is 1. The van der Waals surface area contributed by atoms with Crippen LogP contribution in [0.15, 0.2) is 18.2 Å². The number of rotatable bonds is 0. The monoisotopic (exact) mass is 235 g/mol. The molecule has 1 fully saturated rings. The zero-order valence-corrected chi connectivity index (χ0v) is 10.3. The molecule has 0 saturated heterocycles. The average Bonchev–Trinajstić information content (AvgIpc) is 2.26. The molecule has 1 aromatic carbocycles. The van der Waals surface area contributed by atoms with Crippen LogP contribution in [0, 0.1) is 11.2 Å². The molecule has 1 aromatic rings. The van der Waals surface area contributed by atoms with Crippen LogP contribution < -0.4 is 10.1 Å². The zero-order chi connectivity index (χ0) is 12.0. The Kier molecular flexibility index (Phi) is 2.32. The minimum Gasteiger partial charge on any atom is -0.486 e. The van der Waals surface area contributed by atoms with E-state index in [1.54, 1.807) is 6.07 Å². The largest absolute Gasteiger partial charge is 0.486 e. The molecule has 1 N–H and O–H groups in total. The minimum absolute atomic E-state index is 0.183. The summed E-state index contributed by atoms with van der Waals surface area (Å²) in [6.07, 6.45) is 3.68. The van der Waals surface area contributed by atoms with Gasteiger partial charge in [-0.2, -0.15) is 0 Å². The summed E-state index contributed by atoms with van der Waals surface area (Å²) in [7, 11) is 0. The van der Waals surface area contributed by atoms with Gasteiger partial charge >= 0.3 is 0 Å². The van der Waals surface area contributed by atoms with Gasteiger partial charge in [0.25, 0.3) is 0 Å². The number of hydrogen-bond acceptors (Lipinski definition) is 2. The molecule has 0 radical (unpaired) electrons. The van der Waals surface area contributed by atoms with Gasteiger partial charge < -0.3 is 10.1 Å². The molecule has 3 heteroatoms. The standard InChI is InChI=1S/C14H18FNO/c1-14(2)7-3-4-10-13(14)17-12-6-5-9(15)8-11(12)16-10/h5-6,8,10,13,16H,3-4,7H2,1-2H3. The summed E-state index contributed by atoms with van der Waals surface area (Å²) >= 11 is 0. The second-order valence-corrected chi connectivity index (χ2v) is 5.81. The summed E-state index contributed by atoms with van der Waals surface area (Å²) in [6.45, 7) is 4.50. The number of benzene rings is 1. The van der Waals surface area contributed by atoms with Crippen molar-refractivity contribution in [2.45, 2.75) is 45.3 Å². The topological polar surface area (TPSA) is 21.3 Å². The smallest absolute Gasteiger partial charge is 0.143 e. The van der Waals surface area contributed by atoms with E-state index in [2.05, 4.69) is 19.2 Å². The molecular formula is C14H18FNO. The van der Waals surface area contributed by atoms with Crippen molar-refractivity contribution in [1.29, 1.82) is 0 Å². The molecule has 92 valence electrons. The minimum atomic E-state index is -0.214. The van der Waals surface area contributed by atoms with E-state index < -0.39 is 0 Å². The summed E-state index contributed by atoms with van der Waals surface area (Å²) in [4.78, 5) is 0. The molecule has 1 aliphatic heterocycles. The third-order valence-electron chi connectivity index (χ3n) is 4.01. The summed E-state index contributed by atoms with van der Waals surface area (Å²) < 4.78 is 19.3. The summed E-state index contributed by atoms with van der Waals surface area (Å²) in [5.74, 6) is 0.566. The maximum absolute atomic E-state index is 13.2. The van der Waals surface area contributed by atoms with Crippen molar-refractivity contribution < 1.29 is 9.13 Å². The van der Waals surface area contributed by atoms with Crippen molar-refractivity contribution in [1.82, 2.24) is 0 Å². The Bertz CT molecular complexity index is 444. The molecule has 2 unspecified atom stereocenters. The lowest BCUT2D eigenvalue weighted by atomic mass is 9.72. The quantitative estimate of drug-likeness (QED) is 0.742. The van der Waals surface area contributed by atoms with E-state index >= 15 is 0 Å². The summed E-state index contributed by atoms with van der Waals surface area (Å²) in [6, 6.07) is 5.01. The van der Waals surface area contributed by atoms with Crippen molar-refractivity contribution in [3.05, 3.63) is 24.0 Å². The highest BCUT2D eigenvalue weighted by molar-refractivity contribution is 5.59. The van der Waals surface area contributed by atoms with E-state index in [0.717, 1.165) is 17.9 Å². The maximum atomic E-state index is 13.2. The fourth-order valence-corrected chi connectivity index (χ4v) is 3.06. The molecule has 2 aliphatic rings. The van der Waals surface area contributed by atoms with Crippen LogP contribution >= 0.6 is 0 Å². The Balaban J connectivity index is 1.96. The molecule has 1 heterocycles. The number of ether oxygens (including phenoxy) is 1. The van der Waals surface area contributed by atoms with E-state index in [9.17, 15) is 4.39 Å². The van der Waals surface area contributed by atoms with E-state index in [1.165, 1.54) is 25.0 Å². The van der Waals surface area contributed by atoms with Crippen LogP contribution in [0.5, 0.6) is 5.75 Å². The second-order valence-electron chi connectivity index (χ2n) is 5.81. The molecular weight excluding hydrogens is 217 g/mol. The lowest BCUT2D eigenvalue weighted by Crippen LogP contribution is -2.52. The Hall–Kier alpha value is -1.25. The SMILES string of the molecule is CC1(C)CCCC2Nc3cc(F)ccc3OC21. The van der Waals surface area contributed by atoms with Gasteiger partial charge in [-0.25, -0.2) is 4.39 Å². The van der Waals surface area contributed by atoms with E-state index in [4.69, 9.17) is 4.74 Å². The molecule has 2 nitrogen and oxygen atoms in total. The van der Waals surface area contributed by atoms with Crippen molar-refractivity contribution in [2.75, 3.05) is 5.32 Å². The van der Waals surface area contributed by atoms with E-state index in [1.807, 2.05) is 0 Å². The number of fused-ring (bicyclic) bond motifs is 2. The molecule has 0 amide bonds. The number of nitrogens with one attached hydrogen (secondary N) is 1.